The maximum absolute atomic E-state index is 13.5. The molecule has 1 atom stereocenters. The van der Waals surface area contributed by atoms with Crippen LogP contribution in [0.3, 0.4) is 0 Å². The number of aromatic nitrogens is 1. The van der Waals surface area contributed by atoms with Gasteiger partial charge in [0.25, 0.3) is 0 Å². The predicted octanol–water partition coefficient (Wildman–Crippen LogP) is 4.61. The Balaban J connectivity index is 1.55. The highest BCUT2D eigenvalue weighted by Gasteiger charge is 2.42. The summed E-state index contributed by atoms with van der Waals surface area (Å²) in [6, 6.07) is 14.8. The van der Waals surface area contributed by atoms with Crippen molar-refractivity contribution < 1.29 is 14.0 Å². The summed E-state index contributed by atoms with van der Waals surface area (Å²) in [5.41, 5.74) is 4.06. The van der Waals surface area contributed by atoms with Gasteiger partial charge in [0.2, 0.25) is 5.91 Å². The zero-order valence-corrected chi connectivity index (χ0v) is 19.4. The monoisotopic (exact) mass is 456 g/mol. The van der Waals surface area contributed by atoms with E-state index in [1.807, 2.05) is 53.4 Å². The van der Waals surface area contributed by atoms with Crippen LogP contribution in [-0.4, -0.2) is 23.2 Å². The number of carbonyl (C=O) groups excluding carboxylic acids is 2. The van der Waals surface area contributed by atoms with Crippen LogP contribution in [0.5, 0.6) is 0 Å². The van der Waals surface area contributed by atoms with Crippen molar-refractivity contribution in [2.24, 2.45) is 5.41 Å². The first kappa shape index (κ1) is 21.9. The molecule has 174 valence electrons. The number of Topliss-reactive ketones (excluding diaryl/α,β-unsaturated/α-hetero) is 1. The van der Waals surface area contributed by atoms with E-state index in [0.717, 1.165) is 29.1 Å². The number of amides is 1. The average molecular weight is 457 g/mol. The number of hydrogen-bond donors (Lipinski definition) is 2. The maximum Gasteiger partial charge on any atom is 0.239 e. The van der Waals surface area contributed by atoms with Crippen molar-refractivity contribution >= 4 is 23.1 Å². The lowest BCUT2D eigenvalue weighted by Gasteiger charge is -2.36. The first-order valence-corrected chi connectivity index (χ1v) is 11.5. The van der Waals surface area contributed by atoms with E-state index in [4.69, 9.17) is 4.42 Å². The molecule has 0 bridgehead atoms. The number of hydrogen-bond acceptors (Lipinski definition) is 6. The summed E-state index contributed by atoms with van der Waals surface area (Å²) in [5.74, 6) is 0.565. The molecule has 1 aliphatic heterocycles. The van der Waals surface area contributed by atoms with Crippen LogP contribution in [0.4, 0.5) is 11.4 Å². The second-order valence-corrected chi connectivity index (χ2v) is 9.66. The van der Waals surface area contributed by atoms with Gasteiger partial charge in [0.05, 0.1) is 24.2 Å². The van der Waals surface area contributed by atoms with E-state index in [1.54, 1.807) is 18.7 Å². The van der Waals surface area contributed by atoms with E-state index in [0.29, 0.717) is 24.3 Å². The minimum absolute atomic E-state index is 0.0672. The Labute approximate surface area is 198 Å². The second-order valence-electron chi connectivity index (χ2n) is 9.66. The summed E-state index contributed by atoms with van der Waals surface area (Å²) in [5, 5.41) is 6.52. The van der Waals surface area contributed by atoms with Crippen molar-refractivity contribution in [3.63, 3.8) is 0 Å². The highest BCUT2D eigenvalue weighted by atomic mass is 16.3. The molecule has 5 rings (SSSR count). The summed E-state index contributed by atoms with van der Waals surface area (Å²) in [6.07, 6.45) is 6.23. The van der Waals surface area contributed by atoms with Gasteiger partial charge in [-0.3, -0.25) is 14.6 Å². The number of pyridine rings is 1. The van der Waals surface area contributed by atoms with E-state index in [9.17, 15) is 9.59 Å². The van der Waals surface area contributed by atoms with Gasteiger partial charge in [-0.25, -0.2) is 0 Å². The fraction of sp³-hybridized carbons (Fsp3) is 0.296. The molecule has 0 fully saturated rings. The zero-order chi connectivity index (χ0) is 23.7. The van der Waals surface area contributed by atoms with Crippen LogP contribution in [0.2, 0.25) is 0 Å². The Kier molecular flexibility index (Phi) is 5.69. The minimum Gasteiger partial charge on any atom is -0.467 e. The highest BCUT2D eigenvalue weighted by molar-refractivity contribution is 6.01. The largest absolute Gasteiger partial charge is 0.467 e. The number of benzene rings is 1. The Morgan fingerprint density at radius 1 is 1.18 bits per heavy atom. The molecule has 0 saturated carbocycles. The third kappa shape index (κ3) is 4.33. The number of ketones is 1. The summed E-state index contributed by atoms with van der Waals surface area (Å²) in [6.45, 7) is 4.67. The summed E-state index contributed by atoms with van der Waals surface area (Å²) in [7, 11) is 0. The number of rotatable bonds is 5. The molecule has 2 N–H and O–H groups in total. The van der Waals surface area contributed by atoms with Gasteiger partial charge in [-0.1, -0.05) is 32.0 Å². The molecule has 1 amide bonds. The zero-order valence-electron chi connectivity index (χ0n) is 19.4. The van der Waals surface area contributed by atoms with Gasteiger partial charge < -0.3 is 20.0 Å². The minimum atomic E-state index is -0.506. The lowest BCUT2D eigenvalue weighted by Crippen LogP contribution is -2.41. The normalized spacial score (nSPS) is 19.1. The smallest absolute Gasteiger partial charge is 0.239 e. The first-order chi connectivity index (χ1) is 16.4. The third-order valence-electron chi connectivity index (χ3n) is 6.34. The van der Waals surface area contributed by atoms with Gasteiger partial charge >= 0.3 is 0 Å². The number of carbonyl (C=O) groups is 2. The van der Waals surface area contributed by atoms with Crippen LogP contribution in [0, 0.1) is 5.41 Å². The van der Waals surface area contributed by atoms with Crippen LogP contribution in [0.25, 0.3) is 0 Å². The Morgan fingerprint density at radius 3 is 2.79 bits per heavy atom. The first-order valence-electron chi connectivity index (χ1n) is 11.5. The fourth-order valence-corrected chi connectivity index (χ4v) is 4.88. The predicted molar refractivity (Wildman–Crippen MR) is 130 cm³/mol. The van der Waals surface area contributed by atoms with Crippen molar-refractivity contribution in [1.29, 1.82) is 0 Å². The van der Waals surface area contributed by atoms with Gasteiger partial charge in [-0.2, -0.15) is 0 Å². The molecule has 0 spiro atoms. The average Bonchev–Trinajstić information content (AvgIpc) is 3.30. The van der Waals surface area contributed by atoms with Crippen LogP contribution >= 0.6 is 0 Å². The molecule has 3 heterocycles. The van der Waals surface area contributed by atoms with E-state index in [2.05, 4.69) is 29.5 Å². The topological polar surface area (TPSA) is 87.5 Å². The molecular weight excluding hydrogens is 428 g/mol. The lowest BCUT2D eigenvalue weighted by molar-refractivity contribution is -0.121. The van der Waals surface area contributed by atoms with E-state index in [-0.39, 0.29) is 23.7 Å². The van der Waals surface area contributed by atoms with Crippen molar-refractivity contribution in [2.75, 3.05) is 16.8 Å². The Hall–Kier alpha value is -3.87. The van der Waals surface area contributed by atoms with Crippen molar-refractivity contribution in [3.05, 3.63) is 89.8 Å². The fourth-order valence-electron chi connectivity index (χ4n) is 4.88. The number of para-hydroxylation sites is 2. The molecule has 2 aliphatic rings. The SMILES string of the molecule is CC1(C)CC(=O)C2=C(C1)Nc1ccccc1N(CC(=O)NCc1cccnc1)[C@@H]2c1ccco1. The van der Waals surface area contributed by atoms with Crippen LogP contribution < -0.4 is 15.5 Å². The van der Waals surface area contributed by atoms with E-state index >= 15 is 0 Å². The highest BCUT2D eigenvalue weighted by Crippen LogP contribution is 2.48. The molecule has 1 aromatic carbocycles. The molecule has 0 radical (unpaired) electrons. The summed E-state index contributed by atoms with van der Waals surface area (Å²) >= 11 is 0. The van der Waals surface area contributed by atoms with Gasteiger partial charge in [0.15, 0.2) is 5.78 Å². The number of anilines is 2. The van der Waals surface area contributed by atoms with Gasteiger partial charge in [0.1, 0.15) is 11.8 Å². The van der Waals surface area contributed by atoms with Crippen LogP contribution in [0.1, 0.15) is 44.1 Å². The molecule has 7 nitrogen and oxygen atoms in total. The molecule has 0 unspecified atom stereocenters. The Morgan fingerprint density at radius 2 is 2.03 bits per heavy atom. The van der Waals surface area contributed by atoms with Gasteiger partial charge in [-0.05, 0) is 47.7 Å². The number of nitrogens with one attached hydrogen (secondary N) is 2. The van der Waals surface area contributed by atoms with Gasteiger partial charge in [-0.15, -0.1) is 0 Å². The van der Waals surface area contributed by atoms with E-state index in [1.165, 1.54) is 0 Å². The molecule has 34 heavy (non-hydrogen) atoms. The molecular formula is C27H28N4O3. The van der Waals surface area contributed by atoms with Crippen molar-refractivity contribution in [1.82, 2.24) is 10.3 Å². The lowest BCUT2D eigenvalue weighted by atomic mass is 9.74. The number of allylic oxidation sites excluding steroid dienone is 1. The summed E-state index contributed by atoms with van der Waals surface area (Å²) in [4.78, 5) is 32.7. The standard InChI is InChI=1S/C27H28N4O3/c1-27(2)13-20-25(22(32)14-27)26(23-10-6-12-34-23)31(21-9-4-3-8-19(21)30-20)17-24(33)29-16-18-7-5-11-28-15-18/h3-12,15,26,30H,13-14,16-17H2,1-2H3,(H,29,33)/t26-/m1/s1. The number of fused-ring (bicyclic) bond motifs is 1. The molecule has 1 aliphatic carbocycles. The third-order valence-corrected chi connectivity index (χ3v) is 6.34. The van der Waals surface area contributed by atoms with Crippen molar-refractivity contribution in [3.8, 4) is 0 Å². The second kappa shape index (κ2) is 8.82. The Bertz CT molecular complexity index is 1230. The van der Waals surface area contributed by atoms with Crippen LogP contribution in [-0.2, 0) is 16.1 Å². The quantitative estimate of drug-likeness (QED) is 0.583. The summed E-state index contributed by atoms with van der Waals surface area (Å²) < 4.78 is 5.84. The maximum atomic E-state index is 13.5. The van der Waals surface area contributed by atoms with Crippen molar-refractivity contribution in [2.45, 2.75) is 39.3 Å². The van der Waals surface area contributed by atoms with E-state index < -0.39 is 6.04 Å². The molecule has 2 aromatic heterocycles. The van der Waals surface area contributed by atoms with Crippen LogP contribution in [0.15, 0.2) is 82.9 Å². The van der Waals surface area contributed by atoms with Gasteiger partial charge in [0, 0.05) is 36.6 Å². The number of furan rings is 1. The molecule has 0 saturated heterocycles. The molecule has 7 heteroatoms. The number of nitrogens with zero attached hydrogens (tertiary/aromatic N) is 2. The molecule has 3 aromatic rings.